The van der Waals surface area contributed by atoms with E-state index in [1.54, 1.807) is 30.9 Å². The first-order chi connectivity index (χ1) is 11.8. The summed E-state index contributed by atoms with van der Waals surface area (Å²) >= 11 is 0. The molecule has 0 saturated carbocycles. The van der Waals surface area contributed by atoms with Gasteiger partial charge in [0.2, 0.25) is 10.0 Å². The fourth-order valence-corrected chi connectivity index (χ4v) is 4.57. The van der Waals surface area contributed by atoms with Gasteiger partial charge < -0.3 is 4.90 Å². The van der Waals surface area contributed by atoms with Gasteiger partial charge in [0.1, 0.15) is 0 Å². The second-order valence-electron chi connectivity index (χ2n) is 6.26. The Bertz CT molecular complexity index is 771. The first-order valence-electron chi connectivity index (χ1n) is 8.64. The van der Waals surface area contributed by atoms with Crippen LogP contribution in [0.4, 0.5) is 0 Å². The molecule has 25 heavy (non-hydrogen) atoms. The predicted molar refractivity (Wildman–Crippen MR) is 95.5 cm³/mol. The van der Waals surface area contributed by atoms with Gasteiger partial charge in [-0.2, -0.15) is 9.57 Å². The van der Waals surface area contributed by atoms with Crippen LogP contribution in [-0.2, 0) is 10.0 Å². The third-order valence-electron chi connectivity index (χ3n) is 4.75. The topological polar surface area (TPSA) is 81.5 Å². The van der Waals surface area contributed by atoms with E-state index in [1.807, 2.05) is 6.92 Å². The number of benzene rings is 1. The Morgan fingerprint density at radius 1 is 1.28 bits per heavy atom. The smallest absolute Gasteiger partial charge is 0.254 e. The summed E-state index contributed by atoms with van der Waals surface area (Å²) in [5.74, 6) is -0.162. The van der Waals surface area contributed by atoms with Gasteiger partial charge in [0.15, 0.2) is 0 Å². The number of hydrogen-bond donors (Lipinski definition) is 0. The molecule has 0 aliphatic carbocycles. The Morgan fingerprint density at radius 3 is 2.40 bits per heavy atom. The van der Waals surface area contributed by atoms with Crippen LogP contribution >= 0.6 is 0 Å². The Balaban J connectivity index is 2.31. The number of carbonyl (C=O) groups is 1. The number of carbonyl (C=O) groups excluding carboxylic acids is 1. The molecule has 7 heteroatoms. The summed E-state index contributed by atoms with van der Waals surface area (Å²) in [4.78, 5) is 14.7. The minimum atomic E-state index is -3.60. The summed E-state index contributed by atoms with van der Waals surface area (Å²) in [5.41, 5.74) is 1.18. The van der Waals surface area contributed by atoms with E-state index in [-0.39, 0.29) is 16.7 Å². The lowest BCUT2D eigenvalue weighted by molar-refractivity contribution is 0.0706. The van der Waals surface area contributed by atoms with Gasteiger partial charge in [-0.25, -0.2) is 8.42 Å². The number of rotatable bonds is 5. The lowest BCUT2D eigenvalue weighted by Crippen LogP contribution is -2.38. The second kappa shape index (κ2) is 7.98. The number of piperidine rings is 1. The molecule has 0 spiro atoms. The van der Waals surface area contributed by atoms with Gasteiger partial charge in [0.05, 0.1) is 11.0 Å². The lowest BCUT2D eigenvalue weighted by Gasteiger charge is -2.30. The zero-order valence-electron chi connectivity index (χ0n) is 15.0. The highest BCUT2D eigenvalue weighted by Crippen LogP contribution is 2.23. The molecule has 1 aliphatic rings. The number of nitriles is 1. The average Bonchev–Trinajstić information content (AvgIpc) is 2.62. The molecule has 1 fully saturated rings. The van der Waals surface area contributed by atoms with Crippen molar-refractivity contribution < 1.29 is 13.2 Å². The standard InChI is InChI=1S/C18H25N3O3S/c1-4-21(5-2)25(23,24)16-7-6-14(3)17(12-16)18(22)20-10-8-15(13-19)9-11-20/h6-7,12,15H,4-5,8-11H2,1-3H3. The van der Waals surface area contributed by atoms with Crippen LogP contribution in [-0.4, -0.2) is 49.7 Å². The molecule has 0 unspecified atom stereocenters. The van der Waals surface area contributed by atoms with E-state index in [4.69, 9.17) is 5.26 Å². The van der Waals surface area contributed by atoms with Crippen molar-refractivity contribution in [2.75, 3.05) is 26.2 Å². The largest absolute Gasteiger partial charge is 0.339 e. The van der Waals surface area contributed by atoms with E-state index in [1.165, 1.54) is 10.4 Å². The van der Waals surface area contributed by atoms with Crippen molar-refractivity contribution in [1.29, 1.82) is 5.26 Å². The number of hydrogen-bond acceptors (Lipinski definition) is 4. The highest BCUT2D eigenvalue weighted by molar-refractivity contribution is 7.89. The summed E-state index contributed by atoms with van der Waals surface area (Å²) in [6, 6.07) is 6.98. The van der Waals surface area contributed by atoms with Crippen LogP contribution in [0, 0.1) is 24.2 Å². The highest BCUT2D eigenvalue weighted by Gasteiger charge is 2.27. The molecule has 1 saturated heterocycles. The fourth-order valence-electron chi connectivity index (χ4n) is 3.09. The Kier molecular flexibility index (Phi) is 6.20. The van der Waals surface area contributed by atoms with Gasteiger partial charge >= 0.3 is 0 Å². The molecule has 0 radical (unpaired) electrons. The normalized spacial score (nSPS) is 16.0. The first-order valence-corrected chi connectivity index (χ1v) is 10.1. The van der Waals surface area contributed by atoms with Gasteiger partial charge in [-0.05, 0) is 37.5 Å². The average molecular weight is 363 g/mol. The molecule has 1 heterocycles. The molecule has 2 rings (SSSR count). The summed E-state index contributed by atoms with van der Waals surface area (Å²) < 4.78 is 26.8. The number of likely N-dealkylation sites (tertiary alicyclic amines) is 1. The van der Waals surface area contributed by atoms with Crippen molar-refractivity contribution in [3.8, 4) is 6.07 Å². The summed E-state index contributed by atoms with van der Waals surface area (Å²) in [7, 11) is -3.60. The van der Waals surface area contributed by atoms with Gasteiger partial charge in [0.25, 0.3) is 5.91 Å². The SMILES string of the molecule is CCN(CC)S(=O)(=O)c1ccc(C)c(C(=O)N2CCC(C#N)CC2)c1. The van der Waals surface area contributed by atoms with Crippen molar-refractivity contribution >= 4 is 15.9 Å². The van der Waals surface area contributed by atoms with E-state index in [0.717, 1.165) is 5.56 Å². The van der Waals surface area contributed by atoms with Crippen LogP contribution < -0.4 is 0 Å². The molecular formula is C18H25N3O3S. The van der Waals surface area contributed by atoms with Crippen molar-refractivity contribution in [2.24, 2.45) is 5.92 Å². The molecule has 1 amide bonds. The molecule has 0 atom stereocenters. The number of sulfonamides is 1. The molecule has 0 N–H and O–H groups in total. The predicted octanol–water partition coefficient (Wildman–Crippen LogP) is 2.40. The van der Waals surface area contributed by atoms with Crippen LogP contribution in [0.25, 0.3) is 0 Å². The van der Waals surface area contributed by atoms with E-state index in [2.05, 4.69) is 6.07 Å². The molecular weight excluding hydrogens is 338 g/mol. The van der Waals surface area contributed by atoms with Gasteiger partial charge in [-0.3, -0.25) is 4.79 Å². The molecule has 136 valence electrons. The number of amides is 1. The monoisotopic (exact) mass is 363 g/mol. The van der Waals surface area contributed by atoms with E-state index >= 15 is 0 Å². The summed E-state index contributed by atoms with van der Waals surface area (Å²) in [6.07, 6.45) is 1.33. The number of aryl methyl sites for hydroxylation is 1. The van der Waals surface area contributed by atoms with Crippen molar-refractivity contribution in [2.45, 2.75) is 38.5 Å². The maximum absolute atomic E-state index is 12.8. The lowest BCUT2D eigenvalue weighted by atomic mass is 9.97. The second-order valence-corrected chi connectivity index (χ2v) is 8.20. The first kappa shape index (κ1) is 19.4. The highest BCUT2D eigenvalue weighted by atomic mass is 32.2. The fraction of sp³-hybridized carbons (Fsp3) is 0.556. The summed E-state index contributed by atoms with van der Waals surface area (Å²) in [6.45, 7) is 7.23. The van der Waals surface area contributed by atoms with Crippen LogP contribution in [0.1, 0.15) is 42.6 Å². The van der Waals surface area contributed by atoms with E-state index < -0.39 is 10.0 Å². The van der Waals surface area contributed by atoms with Gasteiger partial charge in [-0.15, -0.1) is 0 Å². The molecule has 1 aromatic carbocycles. The Hall–Kier alpha value is -1.91. The zero-order valence-corrected chi connectivity index (χ0v) is 15.8. The Morgan fingerprint density at radius 2 is 1.88 bits per heavy atom. The molecule has 0 bridgehead atoms. The minimum absolute atomic E-state index is 0.000439. The minimum Gasteiger partial charge on any atom is -0.339 e. The number of nitrogens with zero attached hydrogens (tertiary/aromatic N) is 3. The maximum Gasteiger partial charge on any atom is 0.254 e. The molecule has 6 nitrogen and oxygen atoms in total. The summed E-state index contributed by atoms with van der Waals surface area (Å²) in [5, 5.41) is 8.98. The van der Waals surface area contributed by atoms with E-state index in [0.29, 0.717) is 44.6 Å². The third kappa shape index (κ3) is 4.02. The van der Waals surface area contributed by atoms with Gasteiger partial charge in [0, 0.05) is 37.7 Å². The van der Waals surface area contributed by atoms with Crippen LogP contribution in [0.5, 0.6) is 0 Å². The Labute approximate surface area is 150 Å². The third-order valence-corrected chi connectivity index (χ3v) is 6.79. The quantitative estimate of drug-likeness (QED) is 0.804. The maximum atomic E-state index is 12.8. The van der Waals surface area contributed by atoms with E-state index in [9.17, 15) is 13.2 Å². The van der Waals surface area contributed by atoms with Crippen molar-refractivity contribution in [3.63, 3.8) is 0 Å². The zero-order chi connectivity index (χ0) is 18.6. The van der Waals surface area contributed by atoms with Crippen LogP contribution in [0.3, 0.4) is 0 Å². The van der Waals surface area contributed by atoms with Crippen LogP contribution in [0.2, 0.25) is 0 Å². The molecule has 1 aliphatic heterocycles. The molecule has 1 aromatic rings. The van der Waals surface area contributed by atoms with Crippen molar-refractivity contribution in [3.05, 3.63) is 29.3 Å². The van der Waals surface area contributed by atoms with Crippen molar-refractivity contribution in [1.82, 2.24) is 9.21 Å². The van der Waals surface area contributed by atoms with Crippen LogP contribution in [0.15, 0.2) is 23.1 Å². The van der Waals surface area contributed by atoms with Gasteiger partial charge in [-0.1, -0.05) is 19.9 Å². The molecule has 0 aromatic heterocycles.